The van der Waals surface area contributed by atoms with Crippen LogP contribution in [-0.4, -0.2) is 41.5 Å². The van der Waals surface area contributed by atoms with E-state index in [2.05, 4.69) is 34.2 Å². The number of fused-ring (bicyclic) bond motifs is 2. The Morgan fingerprint density at radius 1 is 1.16 bits per heavy atom. The fraction of sp³-hybridized carbons (Fsp3) is 0.417. The van der Waals surface area contributed by atoms with E-state index in [0.717, 1.165) is 23.7 Å². The lowest BCUT2D eigenvalue weighted by molar-refractivity contribution is 0.260. The number of rotatable bonds is 2. The first-order chi connectivity index (χ1) is 15.2. The number of phenolic OH excluding ortho intramolecular Hbond substituents is 1. The van der Waals surface area contributed by atoms with Gasteiger partial charge in [-0.25, -0.2) is 9.97 Å². The summed E-state index contributed by atoms with van der Waals surface area (Å²) in [7, 11) is 1.85. The maximum absolute atomic E-state index is 13.4. The smallest absolute Gasteiger partial charge is 0.262 e. The van der Waals surface area contributed by atoms with Crippen molar-refractivity contribution in [2.45, 2.75) is 58.7 Å². The molecule has 166 valence electrons. The molecule has 0 unspecified atom stereocenters. The molecule has 2 atom stereocenters. The van der Waals surface area contributed by atoms with Gasteiger partial charge in [-0.05, 0) is 52.7 Å². The number of pyridine rings is 1. The fourth-order valence-corrected chi connectivity index (χ4v) is 5.11. The summed E-state index contributed by atoms with van der Waals surface area (Å²) in [6.07, 6.45) is 5.57. The molecule has 1 fully saturated rings. The van der Waals surface area contributed by atoms with Crippen molar-refractivity contribution in [1.29, 1.82) is 0 Å². The van der Waals surface area contributed by atoms with Gasteiger partial charge in [0.2, 0.25) is 0 Å². The minimum atomic E-state index is -0.0547. The van der Waals surface area contributed by atoms with Crippen LogP contribution in [-0.2, 0) is 7.05 Å². The molecular weight excluding hydrogens is 404 g/mol. The molecule has 4 heterocycles. The largest absolute Gasteiger partial charge is 0.507 e. The molecule has 5 rings (SSSR count). The van der Waals surface area contributed by atoms with E-state index in [0.29, 0.717) is 45.6 Å². The van der Waals surface area contributed by atoms with Gasteiger partial charge in [0.15, 0.2) is 5.82 Å². The SMILES string of the molecule is Cc1c(O)c(-c2nc(C)c3c(=O)n(C4C[C@H](C)N[C@@H](C)C4)ccc3n2)cc2cn(C)nc12. The van der Waals surface area contributed by atoms with Crippen LogP contribution < -0.4 is 10.9 Å². The topological polar surface area (TPSA) is 97.9 Å². The van der Waals surface area contributed by atoms with Crippen molar-refractivity contribution < 1.29 is 5.11 Å². The highest BCUT2D eigenvalue weighted by atomic mass is 16.3. The molecule has 0 bridgehead atoms. The minimum Gasteiger partial charge on any atom is -0.507 e. The first-order valence-corrected chi connectivity index (χ1v) is 11.0. The summed E-state index contributed by atoms with van der Waals surface area (Å²) in [4.78, 5) is 22.7. The molecule has 0 amide bonds. The summed E-state index contributed by atoms with van der Waals surface area (Å²) in [5.74, 6) is 0.517. The Morgan fingerprint density at radius 2 is 1.88 bits per heavy atom. The van der Waals surface area contributed by atoms with E-state index in [1.54, 1.807) is 4.68 Å². The molecule has 0 radical (unpaired) electrons. The molecular formula is C24H28N6O2. The molecule has 0 spiro atoms. The lowest BCUT2D eigenvalue weighted by Gasteiger charge is -2.34. The predicted molar refractivity (Wildman–Crippen MR) is 125 cm³/mol. The zero-order valence-corrected chi connectivity index (χ0v) is 19.0. The molecule has 4 aromatic rings. The maximum atomic E-state index is 13.4. The summed E-state index contributed by atoms with van der Waals surface area (Å²) in [6.45, 7) is 7.98. The quantitative estimate of drug-likeness (QED) is 0.504. The van der Waals surface area contributed by atoms with E-state index < -0.39 is 0 Å². The van der Waals surface area contributed by atoms with Crippen molar-refractivity contribution >= 4 is 21.8 Å². The normalized spacial score (nSPS) is 21.5. The molecule has 8 nitrogen and oxygen atoms in total. The van der Waals surface area contributed by atoms with Gasteiger partial charge in [0.05, 0.1) is 27.7 Å². The summed E-state index contributed by atoms with van der Waals surface area (Å²) < 4.78 is 3.56. The molecule has 0 aliphatic carbocycles. The van der Waals surface area contributed by atoms with E-state index >= 15 is 0 Å². The van der Waals surface area contributed by atoms with E-state index in [1.807, 2.05) is 50.0 Å². The van der Waals surface area contributed by atoms with Crippen molar-refractivity contribution in [2.24, 2.45) is 7.05 Å². The molecule has 8 heteroatoms. The monoisotopic (exact) mass is 432 g/mol. The van der Waals surface area contributed by atoms with Crippen molar-refractivity contribution in [3.63, 3.8) is 0 Å². The van der Waals surface area contributed by atoms with Crippen LogP contribution in [0, 0.1) is 13.8 Å². The van der Waals surface area contributed by atoms with E-state index in [9.17, 15) is 9.90 Å². The Labute approximate surface area is 185 Å². The first-order valence-electron chi connectivity index (χ1n) is 11.0. The summed E-state index contributed by atoms with van der Waals surface area (Å²) >= 11 is 0. The Morgan fingerprint density at radius 3 is 2.59 bits per heavy atom. The lowest BCUT2D eigenvalue weighted by Crippen LogP contribution is -2.44. The van der Waals surface area contributed by atoms with Crippen LogP contribution in [0.25, 0.3) is 33.2 Å². The summed E-state index contributed by atoms with van der Waals surface area (Å²) in [6, 6.07) is 4.61. The van der Waals surface area contributed by atoms with Crippen LogP contribution in [0.1, 0.15) is 44.0 Å². The third-order valence-electron chi connectivity index (χ3n) is 6.54. The molecule has 0 saturated carbocycles. The van der Waals surface area contributed by atoms with Crippen molar-refractivity contribution in [2.75, 3.05) is 0 Å². The lowest BCUT2D eigenvalue weighted by atomic mass is 9.95. The van der Waals surface area contributed by atoms with Crippen LogP contribution in [0.2, 0.25) is 0 Å². The van der Waals surface area contributed by atoms with Crippen LogP contribution in [0.5, 0.6) is 5.75 Å². The Hall–Kier alpha value is -3.26. The van der Waals surface area contributed by atoms with Gasteiger partial charge >= 0.3 is 0 Å². The van der Waals surface area contributed by atoms with E-state index in [4.69, 9.17) is 0 Å². The second kappa shape index (κ2) is 7.41. The minimum absolute atomic E-state index is 0.0547. The molecule has 32 heavy (non-hydrogen) atoms. The zero-order chi connectivity index (χ0) is 22.7. The fourth-order valence-electron chi connectivity index (χ4n) is 5.11. The molecule has 2 N–H and O–H groups in total. The van der Waals surface area contributed by atoms with E-state index in [1.165, 1.54) is 0 Å². The van der Waals surface area contributed by atoms with Crippen LogP contribution in [0.15, 0.2) is 29.3 Å². The Bertz CT molecular complexity index is 1410. The van der Waals surface area contributed by atoms with Gasteiger partial charge in [0, 0.05) is 48.5 Å². The molecule has 1 aromatic carbocycles. The second-order valence-corrected chi connectivity index (χ2v) is 9.15. The second-order valence-electron chi connectivity index (χ2n) is 9.15. The number of aryl methyl sites for hydroxylation is 3. The molecule has 3 aromatic heterocycles. The third-order valence-corrected chi connectivity index (χ3v) is 6.54. The van der Waals surface area contributed by atoms with Gasteiger partial charge in [0.1, 0.15) is 5.75 Å². The first kappa shape index (κ1) is 20.6. The van der Waals surface area contributed by atoms with Gasteiger partial charge < -0.3 is 15.0 Å². The number of hydrogen-bond donors (Lipinski definition) is 2. The van der Waals surface area contributed by atoms with Crippen LogP contribution in [0.3, 0.4) is 0 Å². The van der Waals surface area contributed by atoms with Gasteiger partial charge in [-0.3, -0.25) is 9.48 Å². The number of aromatic hydroxyl groups is 1. The van der Waals surface area contributed by atoms with Gasteiger partial charge in [0.25, 0.3) is 5.56 Å². The average Bonchev–Trinajstić information content (AvgIpc) is 3.10. The van der Waals surface area contributed by atoms with Gasteiger partial charge in [-0.2, -0.15) is 5.10 Å². The Balaban J connectivity index is 1.65. The Kier molecular flexibility index (Phi) is 4.78. The summed E-state index contributed by atoms with van der Waals surface area (Å²) in [5, 5.41) is 20.2. The number of nitrogens with one attached hydrogen (secondary N) is 1. The molecule has 1 saturated heterocycles. The highest BCUT2D eigenvalue weighted by Gasteiger charge is 2.26. The highest BCUT2D eigenvalue weighted by molar-refractivity contribution is 5.91. The standard InChI is InChI=1S/C24H28N6O2/c1-12-8-17(9-13(2)25-12)30-7-6-19-20(24(30)32)15(4)26-23(27-19)18-10-16-11-29(5)28-21(16)14(3)22(18)31/h6-7,10-13,17,25,31H,8-9H2,1-5H3/t12-,13-/m0/s1. The third kappa shape index (κ3) is 3.26. The summed E-state index contributed by atoms with van der Waals surface area (Å²) in [5.41, 5.74) is 3.12. The van der Waals surface area contributed by atoms with Gasteiger partial charge in [-0.1, -0.05) is 0 Å². The average molecular weight is 433 g/mol. The molecule has 1 aliphatic heterocycles. The van der Waals surface area contributed by atoms with Crippen LogP contribution in [0.4, 0.5) is 0 Å². The predicted octanol–water partition coefficient (Wildman–Crippen LogP) is 3.37. The van der Waals surface area contributed by atoms with E-state index in [-0.39, 0.29) is 17.4 Å². The zero-order valence-electron chi connectivity index (χ0n) is 19.0. The number of benzene rings is 1. The number of nitrogens with zero attached hydrogens (tertiary/aromatic N) is 5. The number of phenols is 1. The number of piperidine rings is 1. The van der Waals surface area contributed by atoms with Crippen molar-refractivity contribution in [3.05, 3.63) is 46.1 Å². The van der Waals surface area contributed by atoms with Crippen LogP contribution >= 0.6 is 0 Å². The number of aromatic nitrogens is 5. The molecule has 1 aliphatic rings. The maximum Gasteiger partial charge on any atom is 0.262 e. The highest BCUT2D eigenvalue weighted by Crippen LogP contribution is 2.36. The van der Waals surface area contributed by atoms with Gasteiger partial charge in [-0.15, -0.1) is 0 Å². The number of hydrogen-bond acceptors (Lipinski definition) is 6. The van der Waals surface area contributed by atoms with Crippen molar-refractivity contribution in [3.8, 4) is 17.1 Å². The van der Waals surface area contributed by atoms with Crippen molar-refractivity contribution in [1.82, 2.24) is 29.6 Å².